The lowest BCUT2D eigenvalue weighted by Gasteiger charge is -2.44. The van der Waals surface area contributed by atoms with E-state index in [1.54, 1.807) is 0 Å². The molecular weight excluding hydrogens is 198 g/mol. The van der Waals surface area contributed by atoms with Crippen LogP contribution in [0.2, 0.25) is 0 Å². The second-order valence-electron chi connectivity index (χ2n) is 6.32. The molecule has 2 aliphatic rings. The molecule has 2 nitrogen and oxygen atoms in total. The zero-order valence-corrected chi connectivity index (χ0v) is 10.9. The molecule has 0 aromatic heterocycles. The number of carbonyl (C=O) groups excluding carboxylic acids is 1. The number of fused-ring (bicyclic) bond motifs is 1. The molecule has 16 heavy (non-hydrogen) atoms. The number of piperidine rings is 1. The molecule has 2 saturated heterocycles. The zero-order valence-electron chi connectivity index (χ0n) is 10.9. The molecule has 0 N–H and O–H groups in total. The largest absolute Gasteiger partial charge is 0.303 e. The van der Waals surface area contributed by atoms with Gasteiger partial charge in [0.25, 0.3) is 0 Å². The van der Waals surface area contributed by atoms with Gasteiger partial charge in [0.05, 0.1) is 0 Å². The lowest BCUT2D eigenvalue weighted by atomic mass is 9.73. The molecule has 2 fully saturated rings. The molecule has 0 radical (unpaired) electrons. The van der Waals surface area contributed by atoms with Crippen molar-refractivity contribution in [2.24, 2.45) is 17.3 Å². The maximum Gasteiger partial charge on any atom is 0.120 e. The van der Waals surface area contributed by atoms with Crippen LogP contribution in [0.15, 0.2) is 0 Å². The molecule has 3 atom stereocenters. The minimum absolute atomic E-state index is 0.458. The summed E-state index contributed by atoms with van der Waals surface area (Å²) in [5.74, 6) is 1.39. The van der Waals surface area contributed by atoms with Crippen molar-refractivity contribution in [1.82, 2.24) is 4.90 Å². The highest BCUT2D eigenvalue weighted by Crippen LogP contribution is 2.45. The van der Waals surface area contributed by atoms with Gasteiger partial charge in [0.1, 0.15) is 6.29 Å². The Bertz CT molecular complexity index is 261. The molecule has 0 aromatic rings. The summed E-state index contributed by atoms with van der Waals surface area (Å²) in [6.45, 7) is 9.54. The maximum absolute atomic E-state index is 10.8. The van der Waals surface area contributed by atoms with Gasteiger partial charge in [-0.05, 0) is 36.6 Å². The van der Waals surface area contributed by atoms with Gasteiger partial charge in [-0.3, -0.25) is 4.90 Å². The number of rotatable bonds is 3. The van der Waals surface area contributed by atoms with Crippen molar-refractivity contribution in [3.05, 3.63) is 0 Å². The fraction of sp³-hybridized carbons (Fsp3) is 0.929. The Morgan fingerprint density at radius 1 is 1.38 bits per heavy atom. The van der Waals surface area contributed by atoms with Gasteiger partial charge in [-0.15, -0.1) is 0 Å². The van der Waals surface area contributed by atoms with Gasteiger partial charge in [0.2, 0.25) is 0 Å². The van der Waals surface area contributed by atoms with Gasteiger partial charge in [-0.25, -0.2) is 0 Å². The first-order chi connectivity index (χ1) is 7.58. The number of hydrogen-bond acceptors (Lipinski definition) is 2. The molecule has 0 aliphatic carbocycles. The Morgan fingerprint density at radius 3 is 2.75 bits per heavy atom. The van der Waals surface area contributed by atoms with Crippen LogP contribution in [0.1, 0.15) is 46.5 Å². The molecule has 0 spiro atoms. The van der Waals surface area contributed by atoms with E-state index in [4.69, 9.17) is 0 Å². The van der Waals surface area contributed by atoms with E-state index in [2.05, 4.69) is 25.7 Å². The summed E-state index contributed by atoms with van der Waals surface area (Å²) in [5, 5.41) is 0. The molecule has 0 saturated carbocycles. The van der Waals surface area contributed by atoms with Crippen LogP contribution >= 0.6 is 0 Å². The van der Waals surface area contributed by atoms with Crippen LogP contribution in [-0.2, 0) is 4.79 Å². The SMILES string of the molecule is CCC1CN2CCC(C)(C)C2CC1CC=O. The molecule has 2 heteroatoms. The summed E-state index contributed by atoms with van der Waals surface area (Å²) in [6, 6.07) is 0.722. The summed E-state index contributed by atoms with van der Waals surface area (Å²) in [5.41, 5.74) is 0.458. The first kappa shape index (κ1) is 12.1. The number of carbonyl (C=O) groups is 1. The van der Waals surface area contributed by atoms with E-state index in [1.807, 2.05) is 0 Å². The third kappa shape index (κ3) is 2.04. The number of hydrogen-bond donors (Lipinski definition) is 0. The highest BCUT2D eigenvalue weighted by atomic mass is 16.1. The molecule has 92 valence electrons. The predicted molar refractivity (Wildman–Crippen MR) is 66.3 cm³/mol. The fourth-order valence-corrected chi connectivity index (χ4v) is 3.74. The van der Waals surface area contributed by atoms with E-state index >= 15 is 0 Å². The van der Waals surface area contributed by atoms with Crippen LogP contribution in [0, 0.1) is 17.3 Å². The average molecular weight is 223 g/mol. The first-order valence-corrected chi connectivity index (χ1v) is 6.76. The van der Waals surface area contributed by atoms with Crippen LogP contribution in [-0.4, -0.2) is 30.3 Å². The third-order valence-corrected chi connectivity index (χ3v) is 4.97. The summed E-state index contributed by atoms with van der Waals surface area (Å²) in [4.78, 5) is 13.5. The quantitative estimate of drug-likeness (QED) is 0.686. The summed E-state index contributed by atoms with van der Waals surface area (Å²) in [7, 11) is 0. The van der Waals surface area contributed by atoms with Crippen molar-refractivity contribution in [3.63, 3.8) is 0 Å². The van der Waals surface area contributed by atoms with Gasteiger partial charge >= 0.3 is 0 Å². The van der Waals surface area contributed by atoms with E-state index in [9.17, 15) is 4.79 Å². The monoisotopic (exact) mass is 223 g/mol. The second kappa shape index (κ2) is 4.48. The lowest BCUT2D eigenvalue weighted by Crippen LogP contribution is -2.47. The predicted octanol–water partition coefficient (Wildman–Crippen LogP) is 2.72. The van der Waals surface area contributed by atoms with E-state index in [0.717, 1.165) is 24.7 Å². The zero-order chi connectivity index (χ0) is 11.8. The Kier molecular flexibility index (Phi) is 3.39. The summed E-state index contributed by atoms with van der Waals surface area (Å²) >= 11 is 0. The lowest BCUT2D eigenvalue weighted by molar-refractivity contribution is -0.109. The van der Waals surface area contributed by atoms with Crippen molar-refractivity contribution in [1.29, 1.82) is 0 Å². The van der Waals surface area contributed by atoms with Gasteiger partial charge < -0.3 is 4.79 Å². The highest BCUT2D eigenvalue weighted by molar-refractivity contribution is 5.49. The van der Waals surface area contributed by atoms with Crippen molar-refractivity contribution < 1.29 is 4.79 Å². The molecule has 0 bridgehead atoms. The van der Waals surface area contributed by atoms with Crippen molar-refractivity contribution >= 4 is 6.29 Å². The van der Waals surface area contributed by atoms with Crippen LogP contribution in [0.4, 0.5) is 0 Å². The molecule has 3 unspecified atom stereocenters. The molecule has 0 amide bonds. The van der Waals surface area contributed by atoms with Crippen LogP contribution in [0.3, 0.4) is 0 Å². The molecule has 2 heterocycles. The Labute approximate surface area is 99.4 Å². The first-order valence-electron chi connectivity index (χ1n) is 6.76. The second-order valence-corrected chi connectivity index (χ2v) is 6.32. The number of nitrogens with zero attached hydrogens (tertiary/aromatic N) is 1. The Hall–Kier alpha value is -0.370. The molecular formula is C14H25NO. The highest BCUT2D eigenvalue weighted by Gasteiger charge is 2.45. The van der Waals surface area contributed by atoms with Gasteiger partial charge in [0, 0.05) is 19.0 Å². The van der Waals surface area contributed by atoms with Crippen molar-refractivity contribution in [3.8, 4) is 0 Å². The van der Waals surface area contributed by atoms with Gasteiger partial charge in [0.15, 0.2) is 0 Å². The van der Waals surface area contributed by atoms with Crippen molar-refractivity contribution in [2.75, 3.05) is 13.1 Å². The van der Waals surface area contributed by atoms with Crippen LogP contribution in [0.5, 0.6) is 0 Å². The minimum Gasteiger partial charge on any atom is -0.303 e. The van der Waals surface area contributed by atoms with Crippen LogP contribution in [0.25, 0.3) is 0 Å². The third-order valence-electron chi connectivity index (χ3n) is 4.97. The Morgan fingerprint density at radius 2 is 2.12 bits per heavy atom. The van der Waals surface area contributed by atoms with Gasteiger partial charge in [-0.1, -0.05) is 27.2 Å². The maximum atomic E-state index is 10.8. The number of aldehydes is 1. The summed E-state index contributed by atoms with van der Waals surface area (Å²) in [6.07, 6.45) is 5.69. The molecule has 2 rings (SSSR count). The molecule has 0 aromatic carbocycles. The normalized spacial score (nSPS) is 38.3. The van der Waals surface area contributed by atoms with E-state index in [-0.39, 0.29) is 0 Å². The minimum atomic E-state index is 0.458. The summed E-state index contributed by atoms with van der Waals surface area (Å²) < 4.78 is 0. The van der Waals surface area contributed by atoms with E-state index in [0.29, 0.717) is 11.3 Å². The fourth-order valence-electron chi connectivity index (χ4n) is 3.74. The molecule has 2 aliphatic heterocycles. The van der Waals surface area contributed by atoms with Crippen LogP contribution < -0.4 is 0 Å². The topological polar surface area (TPSA) is 20.3 Å². The van der Waals surface area contributed by atoms with Crippen molar-refractivity contribution in [2.45, 2.75) is 52.5 Å². The van der Waals surface area contributed by atoms with E-state index < -0.39 is 0 Å². The van der Waals surface area contributed by atoms with E-state index in [1.165, 1.54) is 32.4 Å². The smallest absolute Gasteiger partial charge is 0.120 e. The average Bonchev–Trinajstić information content (AvgIpc) is 2.54. The van der Waals surface area contributed by atoms with Gasteiger partial charge in [-0.2, -0.15) is 0 Å². The Balaban J connectivity index is 2.09. The standard InChI is InChI=1S/C14H25NO/c1-4-11-10-15-7-6-14(2,3)13(15)9-12(11)5-8-16/h8,11-13H,4-7,9-10H2,1-3H3.